The van der Waals surface area contributed by atoms with E-state index < -0.39 is 24.6 Å². The second kappa shape index (κ2) is 12.9. The summed E-state index contributed by atoms with van der Waals surface area (Å²) in [6, 6.07) is 11.9. The molecule has 2 rings (SSSR count). The normalized spacial score (nSPS) is 13.0. The topological polar surface area (TPSA) is 77.8 Å². The van der Waals surface area contributed by atoms with Crippen molar-refractivity contribution in [2.45, 2.75) is 38.9 Å². The molecule has 4 nitrogen and oxygen atoms in total. The van der Waals surface area contributed by atoms with Crippen molar-refractivity contribution in [3.8, 4) is 0 Å². The number of carboxylic acids is 1. The van der Waals surface area contributed by atoms with Crippen molar-refractivity contribution in [1.82, 2.24) is 0 Å². The smallest absolute Gasteiger partial charge is 1.00 e. The van der Waals surface area contributed by atoms with Gasteiger partial charge in [-0.1, -0.05) is 50.3 Å². The number of hydrogen-bond acceptors (Lipinski definition) is 3. The van der Waals surface area contributed by atoms with E-state index in [1.54, 1.807) is 30.3 Å². The number of carboxylic acid groups (broad SMARTS) is 1. The second-order valence-corrected chi connectivity index (χ2v) is 7.41. The maximum Gasteiger partial charge on any atom is 1.00 e. The average molecular weight is 440 g/mol. The number of aliphatic carboxylic acids is 1. The predicted molar refractivity (Wildman–Crippen MR) is 113 cm³/mol. The molecule has 2 aromatic rings. The van der Waals surface area contributed by atoms with E-state index in [9.17, 15) is 23.8 Å². The Morgan fingerprint density at radius 3 is 1.81 bits per heavy atom. The van der Waals surface area contributed by atoms with Gasteiger partial charge in [0, 0.05) is 6.42 Å². The van der Waals surface area contributed by atoms with Gasteiger partial charge in [0.05, 0.1) is 18.6 Å². The maximum atomic E-state index is 13.5. The number of hydrogen-bond donors (Lipinski definition) is 3. The van der Waals surface area contributed by atoms with Gasteiger partial charge >= 0.3 is 35.5 Å². The van der Waals surface area contributed by atoms with Crippen LogP contribution in [0.4, 0.5) is 8.78 Å². The van der Waals surface area contributed by atoms with E-state index in [-0.39, 0.29) is 55.0 Å². The first-order chi connectivity index (χ1) is 14.2. The van der Waals surface area contributed by atoms with Crippen molar-refractivity contribution in [2.75, 3.05) is 0 Å². The minimum Gasteiger partial charge on any atom is -1.00 e. The third-order valence-corrected chi connectivity index (χ3v) is 4.60. The molecule has 2 aromatic carbocycles. The van der Waals surface area contributed by atoms with Crippen LogP contribution in [0.3, 0.4) is 0 Å². The fraction of sp³-hybridized carbons (Fsp3) is 0.292. The van der Waals surface area contributed by atoms with Crippen LogP contribution in [0.2, 0.25) is 0 Å². The number of rotatable bonds is 9. The first kappa shape index (κ1) is 27.2. The van der Waals surface area contributed by atoms with Gasteiger partial charge in [0.2, 0.25) is 0 Å². The van der Waals surface area contributed by atoms with Crippen LogP contribution in [0.25, 0.3) is 5.57 Å². The molecular formula is C24H27F2NaO4. The summed E-state index contributed by atoms with van der Waals surface area (Å²) in [5.41, 5.74) is 3.05. The van der Waals surface area contributed by atoms with E-state index in [0.717, 1.165) is 22.3 Å². The van der Waals surface area contributed by atoms with Crippen LogP contribution in [0.1, 0.15) is 39.2 Å². The quantitative estimate of drug-likeness (QED) is 0.410. The number of aliphatic hydroxyl groups is 2. The largest absolute Gasteiger partial charge is 1.00 e. The zero-order valence-corrected chi connectivity index (χ0v) is 19.9. The van der Waals surface area contributed by atoms with E-state index in [1.807, 2.05) is 13.8 Å². The van der Waals surface area contributed by atoms with E-state index in [2.05, 4.69) is 0 Å². The summed E-state index contributed by atoms with van der Waals surface area (Å²) in [6.07, 6.45) is 0.432. The molecule has 0 aliphatic carbocycles. The summed E-state index contributed by atoms with van der Waals surface area (Å²) in [7, 11) is 0. The van der Waals surface area contributed by atoms with E-state index in [4.69, 9.17) is 5.11 Å². The van der Waals surface area contributed by atoms with Gasteiger partial charge in [0.1, 0.15) is 11.6 Å². The minimum absolute atomic E-state index is 0. The first-order valence-electron chi connectivity index (χ1n) is 9.69. The van der Waals surface area contributed by atoms with Gasteiger partial charge in [0.15, 0.2) is 0 Å². The van der Waals surface area contributed by atoms with Crippen LogP contribution in [-0.4, -0.2) is 33.5 Å². The van der Waals surface area contributed by atoms with E-state index in [1.165, 1.54) is 30.3 Å². The van der Waals surface area contributed by atoms with E-state index in [0.29, 0.717) is 0 Å². The van der Waals surface area contributed by atoms with E-state index >= 15 is 0 Å². The van der Waals surface area contributed by atoms with Gasteiger partial charge in [-0.15, -0.1) is 0 Å². The molecule has 0 spiro atoms. The third-order valence-electron chi connectivity index (χ3n) is 4.60. The molecule has 0 fully saturated rings. The average Bonchev–Trinajstić information content (AvgIpc) is 2.66. The third kappa shape index (κ3) is 8.67. The van der Waals surface area contributed by atoms with Crippen LogP contribution < -0.4 is 29.6 Å². The Morgan fingerprint density at radius 2 is 1.42 bits per heavy atom. The molecule has 0 aliphatic rings. The molecule has 0 heterocycles. The summed E-state index contributed by atoms with van der Waals surface area (Å²) >= 11 is 0. The van der Waals surface area contributed by atoms with Crippen molar-refractivity contribution < 1.29 is 59.9 Å². The van der Waals surface area contributed by atoms with Crippen LogP contribution in [-0.2, 0) is 4.79 Å². The molecule has 31 heavy (non-hydrogen) atoms. The molecule has 3 N–H and O–H groups in total. The number of benzene rings is 2. The second-order valence-electron chi connectivity index (χ2n) is 7.41. The maximum absolute atomic E-state index is 13.5. The first-order valence-corrected chi connectivity index (χ1v) is 9.69. The Bertz CT molecular complexity index is 865. The predicted octanol–water partition coefficient (Wildman–Crippen LogP) is 1.68. The zero-order valence-electron chi connectivity index (χ0n) is 18.9. The Morgan fingerprint density at radius 1 is 0.968 bits per heavy atom. The molecule has 0 saturated heterocycles. The fourth-order valence-corrected chi connectivity index (χ4v) is 3.15. The van der Waals surface area contributed by atoms with Crippen LogP contribution in [0.5, 0.6) is 0 Å². The molecule has 162 valence electrons. The Labute approximate surface area is 204 Å². The SMILES string of the molecule is CC(C)C(/C=C/C(O)CC(O)CC(=O)O)=C(c1ccc(F)cc1)c1ccc(F)cc1.[H-].[Na+]. The minimum atomic E-state index is -1.16. The summed E-state index contributed by atoms with van der Waals surface area (Å²) in [4.78, 5) is 10.7. The van der Waals surface area contributed by atoms with Crippen molar-refractivity contribution in [3.63, 3.8) is 0 Å². The Hall–Kier alpha value is -1.83. The standard InChI is InChI=1S/C24H26F2O4.Na.H/c1-15(2)22(12-11-20(27)13-21(28)14-23(29)30)24(16-3-7-18(25)8-4-16)17-5-9-19(26)10-6-17;;/h3-12,15,20-21,27-28H,13-14H2,1-2H3,(H,29,30);;/q;+1;-1/b12-11+;;. The molecule has 0 saturated carbocycles. The monoisotopic (exact) mass is 440 g/mol. The Balaban J connectivity index is 0.00000480. The molecule has 0 aliphatic heterocycles. The molecule has 0 radical (unpaired) electrons. The molecule has 0 amide bonds. The van der Waals surface area contributed by atoms with Crippen molar-refractivity contribution >= 4 is 11.5 Å². The van der Waals surface area contributed by atoms with Crippen LogP contribution >= 0.6 is 0 Å². The van der Waals surface area contributed by atoms with Gasteiger partial charge in [-0.3, -0.25) is 4.79 Å². The summed E-state index contributed by atoms with van der Waals surface area (Å²) < 4.78 is 26.9. The number of carbonyl (C=O) groups is 1. The van der Waals surface area contributed by atoms with Gasteiger partial charge in [0.25, 0.3) is 0 Å². The van der Waals surface area contributed by atoms with Crippen LogP contribution in [0, 0.1) is 17.6 Å². The summed E-state index contributed by atoms with van der Waals surface area (Å²) in [5.74, 6) is -1.89. The van der Waals surface area contributed by atoms with Crippen molar-refractivity contribution in [1.29, 1.82) is 0 Å². The molecule has 2 atom stereocenters. The molecular weight excluding hydrogens is 413 g/mol. The van der Waals surface area contributed by atoms with Gasteiger partial charge < -0.3 is 16.7 Å². The van der Waals surface area contributed by atoms with Crippen LogP contribution in [0.15, 0.2) is 66.3 Å². The van der Waals surface area contributed by atoms with Crippen molar-refractivity contribution in [3.05, 3.63) is 89.0 Å². The van der Waals surface area contributed by atoms with Crippen molar-refractivity contribution in [2.24, 2.45) is 5.92 Å². The van der Waals surface area contributed by atoms with Gasteiger partial charge in [-0.25, -0.2) is 8.78 Å². The molecule has 2 unspecified atom stereocenters. The number of allylic oxidation sites excluding steroid dienone is 2. The zero-order chi connectivity index (χ0) is 22.3. The number of aliphatic hydroxyl groups excluding tert-OH is 2. The Kier molecular flexibility index (Phi) is 11.3. The summed E-state index contributed by atoms with van der Waals surface area (Å²) in [5, 5.41) is 28.7. The molecule has 7 heteroatoms. The molecule has 0 aromatic heterocycles. The van der Waals surface area contributed by atoms with Gasteiger partial charge in [-0.05, 0) is 52.5 Å². The summed E-state index contributed by atoms with van der Waals surface area (Å²) in [6.45, 7) is 3.91. The molecule has 0 bridgehead atoms. The number of halogens is 2. The fourth-order valence-electron chi connectivity index (χ4n) is 3.15. The van der Waals surface area contributed by atoms with Gasteiger partial charge in [-0.2, -0.15) is 0 Å².